The van der Waals surface area contributed by atoms with Gasteiger partial charge in [0.15, 0.2) is 0 Å². The van der Waals surface area contributed by atoms with Crippen LogP contribution < -0.4 is 5.73 Å². The molecule has 7 heteroatoms. The molecule has 4 nitrogen and oxygen atoms in total. The minimum atomic E-state index is -4.18. The molecule has 0 bridgehead atoms. The predicted molar refractivity (Wildman–Crippen MR) is 97.0 cm³/mol. The van der Waals surface area contributed by atoms with Gasteiger partial charge in [-0.3, -0.25) is 9.78 Å². The average Bonchev–Trinajstić information content (AvgIpc) is 2.59. The summed E-state index contributed by atoms with van der Waals surface area (Å²) in [7, 11) is 0. The first kappa shape index (κ1) is 19.4. The smallest absolute Gasteiger partial charge is 0.392 e. The normalized spacial score (nSPS) is 19.0. The molecule has 3 N–H and O–H groups in total. The van der Waals surface area contributed by atoms with Gasteiger partial charge in [-0.1, -0.05) is 24.3 Å². The highest BCUT2D eigenvalue weighted by Crippen LogP contribution is 2.40. The molecule has 27 heavy (non-hydrogen) atoms. The van der Waals surface area contributed by atoms with Crippen LogP contribution in [0.15, 0.2) is 30.3 Å². The van der Waals surface area contributed by atoms with E-state index in [-0.39, 0.29) is 24.8 Å². The maximum Gasteiger partial charge on any atom is 0.392 e. The largest absolute Gasteiger partial charge is 0.393 e. The number of hydrogen-bond acceptors (Lipinski definition) is 3. The minimum Gasteiger partial charge on any atom is -0.393 e. The summed E-state index contributed by atoms with van der Waals surface area (Å²) in [5, 5.41) is 10.4. The van der Waals surface area contributed by atoms with Gasteiger partial charge < -0.3 is 10.8 Å². The number of benzene rings is 1. The van der Waals surface area contributed by atoms with Crippen molar-refractivity contribution in [3.8, 4) is 0 Å². The minimum absolute atomic E-state index is 0.0465. The van der Waals surface area contributed by atoms with Crippen LogP contribution in [0, 0.1) is 5.92 Å². The summed E-state index contributed by atoms with van der Waals surface area (Å²) >= 11 is 0. The number of nitrogens with zero attached hydrogens (tertiary/aromatic N) is 1. The van der Waals surface area contributed by atoms with Crippen molar-refractivity contribution in [3.63, 3.8) is 0 Å². The lowest BCUT2D eigenvalue weighted by Gasteiger charge is -2.24. The van der Waals surface area contributed by atoms with E-state index in [1.807, 2.05) is 6.07 Å². The molecule has 1 aliphatic carbocycles. The number of hydrogen-bond donors (Lipinski definition) is 2. The number of aliphatic hydroxyl groups is 1. The van der Waals surface area contributed by atoms with Gasteiger partial charge in [-0.25, -0.2) is 0 Å². The molecule has 144 valence electrons. The SMILES string of the molecule is C[C@@H](O)Cc1nc2c(C3=CCC(C(F)(F)F)CC3)cccc2cc1C(N)=O. The van der Waals surface area contributed by atoms with Crippen LogP contribution in [0.1, 0.15) is 47.8 Å². The van der Waals surface area contributed by atoms with E-state index in [0.717, 1.165) is 11.1 Å². The third-order valence-electron chi connectivity index (χ3n) is 4.90. The van der Waals surface area contributed by atoms with E-state index >= 15 is 0 Å². The van der Waals surface area contributed by atoms with Crippen LogP contribution in [0.25, 0.3) is 16.5 Å². The summed E-state index contributed by atoms with van der Waals surface area (Å²) in [5.74, 6) is -1.94. The number of carbonyl (C=O) groups is 1. The highest BCUT2D eigenvalue weighted by atomic mass is 19.4. The Kier molecular flexibility index (Phi) is 5.24. The number of aliphatic hydroxyl groups excluding tert-OH is 1. The van der Waals surface area contributed by atoms with Crippen molar-refractivity contribution in [1.29, 1.82) is 0 Å². The van der Waals surface area contributed by atoms with Gasteiger partial charge in [0.2, 0.25) is 0 Å². The molecule has 0 fully saturated rings. The van der Waals surface area contributed by atoms with E-state index in [0.29, 0.717) is 23.0 Å². The van der Waals surface area contributed by atoms with Gasteiger partial charge in [-0.2, -0.15) is 13.2 Å². The van der Waals surface area contributed by atoms with Crippen molar-refractivity contribution >= 4 is 22.4 Å². The third-order valence-corrected chi connectivity index (χ3v) is 4.90. The molecule has 2 aromatic rings. The molecule has 1 aromatic carbocycles. The van der Waals surface area contributed by atoms with Crippen molar-refractivity contribution < 1.29 is 23.1 Å². The van der Waals surface area contributed by atoms with E-state index in [1.165, 1.54) is 0 Å². The first-order valence-corrected chi connectivity index (χ1v) is 8.83. The zero-order valence-electron chi connectivity index (χ0n) is 14.9. The molecule has 1 aliphatic rings. The zero-order chi connectivity index (χ0) is 19.8. The van der Waals surface area contributed by atoms with Crippen LogP contribution in [0.2, 0.25) is 0 Å². The number of halogens is 3. The van der Waals surface area contributed by atoms with Crippen molar-refractivity contribution in [2.45, 2.75) is 44.9 Å². The number of aromatic nitrogens is 1. The standard InChI is InChI=1S/C20H21F3N2O2/c1-11(26)9-17-16(19(24)27)10-13-3-2-4-15(18(13)25-17)12-5-7-14(8-6-12)20(21,22)23/h2-5,10-11,14,26H,6-9H2,1H3,(H2,24,27)/t11-,14?/m1/s1. The lowest BCUT2D eigenvalue weighted by atomic mass is 9.85. The number of allylic oxidation sites excluding steroid dienone is 2. The van der Waals surface area contributed by atoms with Crippen LogP contribution in [-0.2, 0) is 6.42 Å². The molecule has 0 spiro atoms. The van der Waals surface area contributed by atoms with E-state index in [1.54, 1.807) is 31.2 Å². The van der Waals surface area contributed by atoms with Gasteiger partial charge in [-0.15, -0.1) is 0 Å². The fourth-order valence-electron chi connectivity index (χ4n) is 3.52. The number of para-hydroxylation sites is 1. The fraction of sp³-hybridized carbons (Fsp3) is 0.400. The Bertz CT molecular complexity index is 904. The number of primary amides is 1. The second-order valence-electron chi connectivity index (χ2n) is 7.02. The molecule has 0 aliphatic heterocycles. The Hall–Kier alpha value is -2.41. The molecular formula is C20H21F3N2O2. The zero-order valence-corrected chi connectivity index (χ0v) is 14.9. The Labute approximate surface area is 154 Å². The Morgan fingerprint density at radius 2 is 2.15 bits per heavy atom. The molecular weight excluding hydrogens is 357 g/mol. The Morgan fingerprint density at radius 1 is 1.41 bits per heavy atom. The van der Waals surface area contributed by atoms with E-state index in [4.69, 9.17) is 5.73 Å². The van der Waals surface area contributed by atoms with Crippen LogP contribution in [0.3, 0.4) is 0 Å². The first-order valence-electron chi connectivity index (χ1n) is 8.83. The third kappa shape index (κ3) is 4.13. The van der Waals surface area contributed by atoms with E-state index in [9.17, 15) is 23.1 Å². The van der Waals surface area contributed by atoms with Crippen LogP contribution in [0.5, 0.6) is 0 Å². The molecule has 0 saturated heterocycles. The number of alkyl halides is 3. The first-order chi connectivity index (χ1) is 12.7. The van der Waals surface area contributed by atoms with Gasteiger partial charge in [-0.05, 0) is 37.8 Å². The molecule has 1 amide bonds. The van der Waals surface area contributed by atoms with Crippen molar-refractivity contribution in [1.82, 2.24) is 4.98 Å². The van der Waals surface area contributed by atoms with Gasteiger partial charge in [0.05, 0.1) is 28.8 Å². The summed E-state index contributed by atoms with van der Waals surface area (Å²) in [6.07, 6.45) is -2.78. The summed E-state index contributed by atoms with van der Waals surface area (Å²) in [6.45, 7) is 1.59. The number of fused-ring (bicyclic) bond motifs is 1. The van der Waals surface area contributed by atoms with Gasteiger partial charge in [0.25, 0.3) is 5.91 Å². The predicted octanol–water partition coefficient (Wildman–Crippen LogP) is 4.00. The number of amides is 1. The number of carbonyl (C=O) groups excluding carboxylic acids is 1. The Balaban J connectivity index is 2.07. The highest BCUT2D eigenvalue weighted by Gasteiger charge is 2.39. The summed E-state index contributed by atoms with van der Waals surface area (Å²) in [5.41, 5.74) is 8.27. The van der Waals surface area contributed by atoms with Crippen molar-refractivity contribution in [2.24, 2.45) is 11.7 Å². The molecule has 1 unspecified atom stereocenters. The number of nitrogens with two attached hydrogens (primary N) is 1. The van der Waals surface area contributed by atoms with Crippen LogP contribution in [-0.4, -0.2) is 28.3 Å². The second-order valence-corrected chi connectivity index (χ2v) is 7.02. The van der Waals surface area contributed by atoms with Crippen LogP contribution in [0.4, 0.5) is 13.2 Å². The maximum absolute atomic E-state index is 12.9. The summed E-state index contributed by atoms with van der Waals surface area (Å²) in [4.78, 5) is 16.3. The van der Waals surface area contributed by atoms with Crippen molar-refractivity contribution in [3.05, 3.63) is 47.2 Å². The monoisotopic (exact) mass is 378 g/mol. The van der Waals surface area contributed by atoms with Crippen LogP contribution >= 0.6 is 0 Å². The Morgan fingerprint density at radius 3 is 2.70 bits per heavy atom. The van der Waals surface area contributed by atoms with Gasteiger partial charge in [0, 0.05) is 17.4 Å². The topological polar surface area (TPSA) is 76.2 Å². The molecule has 3 rings (SSSR count). The molecule has 0 saturated carbocycles. The lowest BCUT2D eigenvalue weighted by molar-refractivity contribution is -0.175. The molecule has 2 atom stereocenters. The second kappa shape index (κ2) is 7.31. The molecule has 0 radical (unpaired) electrons. The maximum atomic E-state index is 12.9. The number of rotatable bonds is 4. The lowest BCUT2D eigenvalue weighted by Crippen LogP contribution is -2.24. The number of pyridine rings is 1. The van der Waals surface area contributed by atoms with Crippen molar-refractivity contribution in [2.75, 3.05) is 0 Å². The molecule has 1 aromatic heterocycles. The quantitative estimate of drug-likeness (QED) is 0.844. The highest BCUT2D eigenvalue weighted by molar-refractivity contribution is 5.99. The van der Waals surface area contributed by atoms with E-state index in [2.05, 4.69) is 4.98 Å². The summed E-state index contributed by atoms with van der Waals surface area (Å²) in [6, 6.07) is 7.03. The molecule has 1 heterocycles. The fourth-order valence-corrected chi connectivity index (χ4v) is 3.52. The van der Waals surface area contributed by atoms with Gasteiger partial charge >= 0.3 is 6.18 Å². The summed E-state index contributed by atoms with van der Waals surface area (Å²) < 4.78 is 38.7. The van der Waals surface area contributed by atoms with E-state index < -0.39 is 24.1 Å². The average molecular weight is 378 g/mol. The van der Waals surface area contributed by atoms with Gasteiger partial charge in [0.1, 0.15) is 0 Å².